The number of rotatable bonds is 13. The average Bonchev–Trinajstić information content (AvgIpc) is 3.02. The largest absolute Gasteiger partial charge is 0.497 e. The van der Waals surface area contributed by atoms with E-state index in [2.05, 4.69) is 5.32 Å². The van der Waals surface area contributed by atoms with Crippen LogP contribution in [0.1, 0.15) is 25.0 Å². The van der Waals surface area contributed by atoms with E-state index in [1.54, 1.807) is 66.7 Å². The Bertz CT molecular complexity index is 1650. The number of nitrogens with zero attached hydrogens (tertiary/aromatic N) is 2. The van der Waals surface area contributed by atoms with Crippen LogP contribution in [-0.4, -0.2) is 50.9 Å². The minimum Gasteiger partial charge on any atom is -0.497 e. The van der Waals surface area contributed by atoms with E-state index in [0.29, 0.717) is 10.8 Å². The molecule has 0 bridgehead atoms. The summed E-state index contributed by atoms with van der Waals surface area (Å²) in [6.07, 6.45) is 0.226. The average molecular weight is 634 g/mol. The van der Waals surface area contributed by atoms with Crippen molar-refractivity contribution in [2.24, 2.45) is 0 Å². The Labute approximate surface area is 264 Å². The third kappa shape index (κ3) is 8.39. The lowest BCUT2D eigenvalue weighted by Gasteiger charge is -2.34. The maximum absolute atomic E-state index is 14.4. The van der Waals surface area contributed by atoms with E-state index in [1.807, 2.05) is 44.2 Å². The monoisotopic (exact) mass is 633 g/mol. The van der Waals surface area contributed by atoms with Crippen LogP contribution in [0.5, 0.6) is 5.75 Å². The second kappa shape index (κ2) is 14.9. The Morgan fingerprint density at radius 2 is 1.48 bits per heavy atom. The predicted octanol–water partition coefficient (Wildman–Crippen LogP) is 5.71. The summed E-state index contributed by atoms with van der Waals surface area (Å²) >= 11 is 6.13. The quantitative estimate of drug-likeness (QED) is 0.204. The SMILES string of the molecule is COc1cccc(N(CC(=O)N(Cc2ccc(Cl)cc2)[C@H](Cc2ccccc2)C(=O)NC(C)C)S(=O)(=O)c2ccccc2)c1. The van der Waals surface area contributed by atoms with Crippen LogP contribution in [0.3, 0.4) is 0 Å². The third-order valence-corrected chi connectivity index (χ3v) is 8.96. The molecule has 4 rings (SSSR count). The van der Waals surface area contributed by atoms with Crippen LogP contribution < -0.4 is 14.4 Å². The van der Waals surface area contributed by atoms with E-state index in [1.165, 1.54) is 24.1 Å². The fourth-order valence-electron chi connectivity index (χ4n) is 4.74. The van der Waals surface area contributed by atoms with Crippen LogP contribution in [-0.2, 0) is 32.6 Å². The predicted molar refractivity (Wildman–Crippen MR) is 173 cm³/mol. The first-order valence-corrected chi connectivity index (χ1v) is 16.0. The Kier molecular flexibility index (Phi) is 11.0. The van der Waals surface area contributed by atoms with Crippen molar-refractivity contribution in [3.63, 3.8) is 0 Å². The van der Waals surface area contributed by atoms with Crippen LogP contribution in [0.4, 0.5) is 5.69 Å². The zero-order valence-electron chi connectivity index (χ0n) is 24.9. The molecule has 0 aliphatic heterocycles. The Morgan fingerprint density at radius 1 is 0.841 bits per heavy atom. The van der Waals surface area contributed by atoms with Crippen LogP contribution in [0, 0.1) is 0 Å². The number of hydrogen-bond donors (Lipinski definition) is 1. The molecule has 230 valence electrons. The molecule has 0 spiro atoms. The summed E-state index contributed by atoms with van der Waals surface area (Å²) in [4.78, 5) is 29.6. The molecule has 4 aromatic rings. The van der Waals surface area contributed by atoms with Gasteiger partial charge in [-0.1, -0.05) is 78.3 Å². The molecule has 0 saturated carbocycles. The van der Waals surface area contributed by atoms with Crippen LogP contribution in [0.15, 0.2) is 114 Å². The lowest BCUT2D eigenvalue weighted by molar-refractivity contribution is -0.140. The lowest BCUT2D eigenvalue weighted by atomic mass is 10.0. The van der Waals surface area contributed by atoms with Crippen molar-refractivity contribution < 1.29 is 22.7 Å². The molecular weight excluding hydrogens is 598 g/mol. The number of nitrogens with one attached hydrogen (secondary N) is 1. The number of carbonyl (C=O) groups is 2. The highest BCUT2D eigenvalue weighted by Gasteiger charge is 2.35. The van der Waals surface area contributed by atoms with Gasteiger partial charge in [-0.25, -0.2) is 8.42 Å². The summed E-state index contributed by atoms with van der Waals surface area (Å²) in [6, 6.07) is 29.7. The van der Waals surface area contributed by atoms with Gasteiger partial charge in [0.05, 0.1) is 17.7 Å². The highest BCUT2D eigenvalue weighted by molar-refractivity contribution is 7.92. The van der Waals surface area contributed by atoms with E-state index in [4.69, 9.17) is 16.3 Å². The maximum atomic E-state index is 14.4. The molecule has 10 heteroatoms. The first kappa shape index (κ1) is 32.6. The fourth-order valence-corrected chi connectivity index (χ4v) is 6.29. The van der Waals surface area contributed by atoms with Gasteiger partial charge in [-0.2, -0.15) is 0 Å². The molecular formula is C34H36ClN3O5S. The van der Waals surface area contributed by atoms with Crippen LogP contribution in [0.2, 0.25) is 5.02 Å². The number of halogens is 1. The van der Waals surface area contributed by atoms with E-state index >= 15 is 0 Å². The lowest BCUT2D eigenvalue weighted by Crippen LogP contribution is -2.54. The van der Waals surface area contributed by atoms with Gasteiger partial charge in [-0.15, -0.1) is 0 Å². The topological polar surface area (TPSA) is 96.0 Å². The van der Waals surface area contributed by atoms with Gasteiger partial charge in [0.15, 0.2) is 0 Å². The maximum Gasteiger partial charge on any atom is 0.264 e. The van der Waals surface area contributed by atoms with Gasteiger partial charge in [-0.3, -0.25) is 13.9 Å². The second-order valence-corrected chi connectivity index (χ2v) is 12.8. The van der Waals surface area contributed by atoms with Gasteiger partial charge >= 0.3 is 0 Å². The fraction of sp³-hybridized carbons (Fsp3) is 0.235. The summed E-state index contributed by atoms with van der Waals surface area (Å²) in [6.45, 7) is 3.19. The molecule has 1 N–H and O–H groups in total. The van der Waals surface area contributed by atoms with Crippen molar-refractivity contribution >= 4 is 39.1 Å². The van der Waals surface area contributed by atoms with Crippen molar-refractivity contribution in [2.45, 2.75) is 43.8 Å². The summed E-state index contributed by atoms with van der Waals surface area (Å²) in [7, 11) is -2.72. The molecule has 44 heavy (non-hydrogen) atoms. The second-order valence-electron chi connectivity index (χ2n) is 10.5. The minimum atomic E-state index is -4.20. The highest BCUT2D eigenvalue weighted by Crippen LogP contribution is 2.28. The molecule has 8 nitrogen and oxygen atoms in total. The van der Waals surface area contributed by atoms with Gasteiger partial charge in [0.25, 0.3) is 10.0 Å². The van der Waals surface area contributed by atoms with E-state index in [9.17, 15) is 18.0 Å². The van der Waals surface area contributed by atoms with Crippen LogP contribution >= 0.6 is 11.6 Å². The Morgan fingerprint density at radius 3 is 2.09 bits per heavy atom. The number of amides is 2. The highest BCUT2D eigenvalue weighted by atomic mass is 35.5. The standard InChI is InChI=1S/C34H36ClN3O5S/c1-25(2)36-34(40)32(21-26-11-6-4-7-12-26)37(23-27-17-19-28(35)20-18-27)33(39)24-38(29-13-10-14-30(22-29)43-3)44(41,42)31-15-8-5-9-16-31/h4-20,22,25,32H,21,23-24H2,1-3H3,(H,36,40)/t32-/m1/s1. The third-order valence-electron chi connectivity index (χ3n) is 6.92. The van der Waals surface area contributed by atoms with Gasteiger partial charge < -0.3 is 15.0 Å². The summed E-state index contributed by atoms with van der Waals surface area (Å²) < 4.78 is 34.5. The molecule has 1 atom stereocenters. The number of benzene rings is 4. The molecule has 0 aromatic heterocycles. The number of sulfonamides is 1. The van der Waals surface area contributed by atoms with Gasteiger partial charge in [0.2, 0.25) is 11.8 Å². The summed E-state index contributed by atoms with van der Waals surface area (Å²) in [5.74, 6) is -0.466. The molecule has 0 radical (unpaired) electrons. The molecule has 2 amide bonds. The molecule has 0 heterocycles. The van der Waals surface area contributed by atoms with Crippen molar-refractivity contribution in [3.05, 3.63) is 125 Å². The number of carbonyl (C=O) groups excluding carboxylic acids is 2. The van der Waals surface area contributed by atoms with Gasteiger partial charge in [0, 0.05) is 30.1 Å². The molecule has 4 aromatic carbocycles. The van der Waals surface area contributed by atoms with E-state index in [0.717, 1.165) is 15.4 Å². The molecule has 0 aliphatic carbocycles. The van der Waals surface area contributed by atoms with Crippen molar-refractivity contribution in [1.29, 1.82) is 0 Å². The molecule has 0 saturated heterocycles. The summed E-state index contributed by atoms with van der Waals surface area (Å²) in [5, 5.41) is 3.48. The summed E-state index contributed by atoms with van der Waals surface area (Å²) in [5.41, 5.74) is 1.84. The Balaban J connectivity index is 1.81. The van der Waals surface area contributed by atoms with E-state index in [-0.39, 0.29) is 35.5 Å². The number of methoxy groups -OCH3 is 1. The Hall–Kier alpha value is -4.34. The zero-order valence-corrected chi connectivity index (χ0v) is 26.5. The smallest absolute Gasteiger partial charge is 0.264 e. The molecule has 0 aliphatic rings. The molecule has 0 unspecified atom stereocenters. The zero-order chi connectivity index (χ0) is 31.7. The first-order chi connectivity index (χ1) is 21.1. The number of anilines is 1. The van der Waals surface area contributed by atoms with Crippen LogP contribution in [0.25, 0.3) is 0 Å². The number of ether oxygens (including phenoxy) is 1. The van der Waals surface area contributed by atoms with Crippen molar-refractivity contribution in [3.8, 4) is 5.75 Å². The molecule has 0 fully saturated rings. The normalized spacial score (nSPS) is 11.9. The minimum absolute atomic E-state index is 0.0262. The first-order valence-electron chi connectivity index (χ1n) is 14.2. The van der Waals surface area contributed by atoms with E-state index < -0.39 is 28.5 Å². The van der Waals surface area contributed by atoms with Crippen molar-refractivity contribution in [2.75, 3.05) is 18.0 Å². The number of hydrogen-bond acceptors (Lipinski definition) is 5. The van der Waals surface area contributed by atoms with Gasteiger partial charge in [-0.05, 0) is 61.4 Å². The van der Waals surface area contributed by atoms with Gasteiger partial charge in [0.1, 0.15) is 18.3 Å². The van der Waals surface area contributed by atoms with Crippen molar-refractivity contribution in [1.82, 2.24) is 10.2 Å².